The second-order valence-electron chi connectivity index (χ2n) is 7.43. The summed E-state index contributed by atoms with van der Waals surface area (Å²) in [5, 5.41) is 9.64. The lowest BCUT2D eigenvalue weighted by molar-refractivity contribution is 0.249. The van der Waals surface area contributed by atoms with Gasteiger partial charge in [-0.25, -0.2) is 14.2 Å². The molecular weight excluding hydrogens is 447 g/mol. The highest BCUT2D eigenvalue weighted by atomic mass is 35.5. The van der Waals surface area contributed by atoms with Crippen molar-refractivity contribution in [3.8, 4) is 22.8 Å². The third-order valence-electron chi connectivity index (χ3n) is 4.76. The average molecular weight is 467 g/mol. The van der Waals surface area contributed by atoms with Gasteiger partial charge in [0.05, 0.1) is 5.56 Å². The van der Waals surface area contributed by atoms with E-state index in [0.717, 1.165) is 0 Å². The molecule has 2 aromatic carbocycles. The molecule has 0 aliphatic carbocycles. The molecule has 0 spiro atoms. The lowest BCUT2D eigenvalue weighted by Crippen LogP contribution is -2.37. The maximum Gasteiger partial charge on any atom is 0.319 e. The van der Waals surface area contributed by atoms with E-state index in [1.165, 1.54) is 18.3 Å². The van der Waals surface area contributed by atoms with E-state index in [-0.39, 0.29) is 28.5 Å². The Bertz CT molecular complexity index is 1280. The van der Waals surface area contributed by atoms with Crippen LogP contribution in [0.5, 0.6) is 0 Å². The first kappa shape index (κ1) is 22.2. The largest absolute Gasteiger partial charge is 0.399 e. The van der Waals surface area contributed by atoms with Gasteiger partial charge in [0.1, 0.15) is 11.0 Å². The number of anilines is 2. The number of hydrogen-bond donors (Lipinski definition) is 3. The molecule has 8 nitrogen and oxygen atoms in total. The molecule has 168 valence electrons. The summed E-state index contributed by atoms with van der Waals surface area (Å²) in [6.45, 7) is 1.82. The second kappa shape index (κ2) is 9.66. The van der Waals surface area contributed by atoms with Crippen LogP contribution in [0.2, 0.25) is 5.15 Å². The maximum atomic E-state index is 14.8. The normalized spacial score (nSPS) is 11.7. The lowest BCUT2D eigenvalue weighted by atomic mass is 10.0. The van der Waals surface area contributed by atoms with Gasteiger partial charge in [-0.1, -0.05) is 22.8 Å². The Kier molecular flexibility index (Phi) is 6.50. The molecule has 4 aromatic rings. The third-order valence-corrected chi connectivity index (χ3v) is 4.97. The van der Waals surface area contributed by atoms with E-state index in [1.807, 2.05) is 6.92 Å². The van der Waals surface area contributed by atoms with E-state index >= 15 is 0 Å². The highest BCUT2D eigenvalue weighted by Gasteiger charge is 2.16. The monoisotopic (exact) mass is 466 g/mol. The first-order valence-corrected chi connectivity index (χ1v) is 10.4. The summed E-state index contributed by atoms with van der Waals surface area (Å²) in [7, 11) is 0. The Balaban J connectivity index is 1.39. The van der Waals surface area contributed by atoms with Gasteiger partial charge in [-0.05, 0) is 67.4 Å². The van der Waals surface area contributed by atoms with Gasteiger partial charge in [-0.15, -0.1) is 0 Å². The second-order valence-corrected chi connectivity index (χ2v) is 7.82. The number of nitrogens with zero attached hydrogens (tertiary/aromatic N) is 3. The van der Waals surface area contributed by atoms with Gasteiger partial charge >= 0.3 is 6.03 Å². The minimum absolute atomic E-state index is 0.146. The number of aromatic nitrogens is 3. The number of rotatable bonds is 6. The number of carbonyl (C=O) groups excluding carboxylic acids is 1. The highest BCUT2D eigenvalue weighted by Crippen LogP contribution is 2.25. The molecule has 0 aliphatic rings. The summed E-state index contributed by atoms with van der Waals surface area (Å²) in [4.78, 5) is 20.3. The Morgan fingerprint density at radius 1 is 1.18 bits per heavy atom. The molecule has 0 saturated heterocycles. The summed E-state index contributed by atoms with van der Waals surface area (Å²) >= 11 is 5.81. The van der Waals surface area contributed by atoms with Crippen LogP contribution in [0.4, 0.5) is 20.6 Å². The van der Waals surface area contributed by atoms with E-state index in [0.29, 0.717) is 28.9 Å². The third kappa shape index (κ3) is 5.64. The fraction of sp³-hybridized carbons (Fsp3) is 0.130. The average Bonchev–Trinajstić information content (AvgIpc) is 3.24. The van der Waals surface area contributed by atoms with Crippen LogP contribution in [0.15, 0.2) is 65.3 Å². The van der Waals surface area contributed by atoms with Crippen LogP contribution in [0.25, 0.3) is 22.8 Å². The van der Waals surface area contributed by atoms with Crippen molar-refractivity contribution in [2.24, 2.45) is 0 Å². The van der Waals surface area contributed by atoms with Crippen LogP contribution in [0.1, 0.15) is 12.5 Å². The van der Waals surface area contributed by atoms with Crippen molar-refractivity contribution >= 4 is 29.0 Å². The summed E-state index contributed by atoms with van der Waals surface area (Å²) in [6, 6.07) is 14.2. The van der Waals surface area contributed by atoms with Crippen molar-refractivity contribution < 1.29 is 13.7 Å². The summed E-state index contributed by atoms with van der Waals surface area (Å²) in [5.74, 6) is -0.0690. The number of nitrogens with two attached hydrogens (primary N) is 1. The predicted octanol–water partition coefficient (Wildman–Crippen LogP) is 4.93. The Hall–Kier alpha value is -3.98. The van der Waals surface area contributed by atoms with Gasteiger partial charge < -0.3 is 20.9 Å². The Labute approximate surface area is 194 Å². The molecule has 0 saturated carbocycles. The highest BCUT2D eigenvalue weighted by molar-refractivity contribution is 6.29. The number of amides is 2. The Morgan fingerprint density at radius 3 is 2.70 bits per heavy atom. The van der Waals surface area contributed by atoms with Gasteiger partial charge in [-0.2, -0.15) is 4.98 Å². The number of hydrogen-bond acceptors (Lipinski definition) is 6. The molecule has 0 fully saturated rings. The van der Waals surface area contributed by atoms with Crippen molar-refractivity contribution in [1.29, 1.82) is 0 Å². The van der Waals surface area contributed by atoms with Crippen LogP contribution < -0.4 is 16.4 Å². The zero-order valence-electron chi connectivity index (χ0n) is 17.5. The molecule has 4 rings (SSSR count). The molecule has 1 unspecified atom stereocenters. The molecule has 1 atom stereocenters. The van der Waals surface area contributed by atoms with E-state index < -0.39 is 11.8 Å². The van der Waals surface area contributed by atoms with Crippen molar-refractivity contribution in [2.45, 2.75) is 19.4 Å². The fourth-order valence-electron chi connectivity index (χ4n) is 3.22. The number of pyridine rings is 1. The number of urea groups is 1. The number of nitrogen functional groups attached to an aromatic ring is 1. The smallest absolute Gasteiger partial charge is 0.319 e. The summed E-state index contributed by atoms with van der Waals surface area (Å²) < 4.78 is 20.0. The molecule has 2 heterocycles. The van der Waals surface area contributed by atoms with E-state index in [9.17, 15) is 9.18 Å². The maximum absolute atomic E-state index is 14.8. The lowest BCUT2D eigenvalue weighted by Gasteiger charge is -2.15. The van der Waals surface area contributed by atoms with Gasteiger partial charge in [-0.3, -0.25) is 0 Å². The SMILES string of the molecule is CC(Cc1ccc(-c2noc(-c3ccc(N)cc3)n2)c(F)c1)NC(=O)Nc1ccnc(Cl)c1. The van der Waals surface area contributed by atoms with Crippen molar-refractivity contribution in [1.82, 2.24) is 20.4 Å². The fourth-order valence-corrected chi connectivity index (χ4v) is 3.39. The standard InChI is InChI=1S/C23H20ClFN6O2/c1-13(28-23(32)29-17-8-9-27-20(24)12-17)10-14-2-7-18(19(25)11-14)21-30-22(33-31-21)15-3-5-16(26)6-4-15/h2-9,11-13H,10,26H2,1H3,(H2,27,28,29,32). The van der Waals surface area contributed by atoms with Crippen molar-refractivity contribution in [3.05, 3.63) is 77.3 Å². The number of halogens is 2. The number of carbonyl (C=O) groups is 1. The quantitative estimate of drug-likeness (QED) is 0.274. The van der Waals surface area contributed by atoms with Crippen LogP contribution >= 0.6 is 11.6 Å². The first-order chi connectivity index (χ1) is 15.9. The van der Waals surface area contributed by atoms with Gasteiger partial charge in [0, 0.05) is 29.2 Å². The minimum Gasteiger partial charge on any atom is -0.399 e. The van der Waals surface area contributed by atoms with Gasteiger partial charge in [0.15, 0.2) is 0 Å². The van der Waals surface area contributed by atoms with Crippen molar-refractivity contribution in [3.63, 3.8) is 0 Å². The summed E-state index contributed by atoms with van der Waals surface area (Å²) in [5.41, 5.74) is 8.44. The van der Waals surface area contributed by atoms with E-state index in [2.05, 4.69) is 25.8 Å². The number of nitrogens with one attached hydrogen (secondary N) is 2. The van der Waals surface area contributed by atoms with Crippen LogP contribution in [-0.4, -0.2) is 27.2 Å². The molecule has 10 heteroatoms. The molecule has 4 N–H and O–H groups in total. The molecule has 0 aliphatic heterocycles. The predicted molar refractivity (Wildman–Crippen MR) is 124 cm³/mol. The first-order valence-electron chi connectivity index (χ1n) is 10.0. The molecule has 2 amide bonds. The van der Waals surface area contributed by atoms with Gasteiger partial charge in [0.25, 0.3) is 5.89 Å². The van der Waals surface area contributed by atoms with Crippen LogP contribution in [0.3, 0.4) is 0 Å². The molecule has 33 heavy (non-hydrogen) atoms. The zero-order valence-corrected chi connectivity index (χ0v) is 18.3. The van der Waals surface area contributed by atoms with Crippen LogP contribution in [-0.2, 0) is 6.42 Å². The summed E-state index contributed by atoms with van der Waals surface area (Å²) in [6.07, 6.45) is 1.92. The number of benzene rings is 2. The molecular formula is C23H20ClFN6O2. The van der Waals surface area contributed by atoms with E-state index in [1.54, 1.807) is 42.5 Å². The molecule has 0 radical (unpaired) electrons. The molecule has 2 aromatic heterocycles. The topological polar surface area (TPSA) is 119 Å². The molecule has 0 bridgehead atoms. The van der Waals surface area contributed by atoms with Gasteiger partial charge in [0.2, 0.25) is 5.82 Å². The van der Waals surface area contributed by atoms with Crippen molar-refractivity contribution in [2.75, 3.05) is 11.1 Å². The minimum atomic E-state index is -0.486. The Morgan fingerprint density at radius 2 is 1.97 bits per heavy atom. The van der Waals surface area contributed by atoms with Crippen LogP contribution in [0, 0.1) is 5.82 Å². The van der Waals surface area contributed by atoms with E-state index in [4.69, 9.17) is 21.9 Å². The zero-order chi connectivity index (χ0) is 23.4.